The molecular weight excluding hydrogens is 328 g/mol. The van der Waals surface area contributed by atoms with Gasteiger partial charge in [-0.05, 0) is 37.0 Å². The lowest BCUT2D eigenvalue weighted by atomic mass is 10.00. The van der Waals surface area contributed by atoms with Crippen LogP contribution in [0.1, 0.15) is 24.8 Å². The fourth-order valence-corrected chi connectivity index (χ4v) is 5.20. The molecule has 0 aromatic heterocycles. The van der Waals surface area contributed by atoms with Gasteiger partial charge in [-0.3, -0.25) is 11.3 Å². The van der Waals surface area contributed by atoms with Crippen molar-refractivity contribution in [3.8, 4) is 0 Å². The molecule has 1 aromatic carbocycles. The van der Waals surface area contributed by atoms with Crippen LogP contribution in [-0.4, -0.2) is 25.5 Å². The quantitative estimate of drug-likeness (QED) is 0.643. The third-order valence-corrected chi connectivity index (χ3v) is 6.47. The van der Waals surface area contributed by atoms with E-state index in [2.05, 4.69) is 21.4 Å². The summed E-state index contributed by atoms with van der Waals surface area (Å²) in [5.41, 5.74) is 3.78. The molecule has 1 saturated heterocycles. The first kappa shape index (κ1) is 15.0. The van der Waals surface area contributed by atoms with E-state index in [0.29, 0.717) is 12.8 Å². The summed E-state index contributed by atoms with van der Waals surface area (Å²) in [5, 5.41) is -0.370. The maximum absolute atomic E-state index is 12.1. The highest BCUT2D eigenvalue weighted by Gasteiger charge is 2.35. The molecule has 0 aliphatic carbocycles. The zero-order valence-electron chi connectivity index (χ0n) is 10.7. The molecule has 1 aromatic rings. The Morgan fingerprint density at radius 2 is 2.21 bits per heavy atom. The number of benzene rings is 1. The highest BCUT2D eigenvalue weighted by Crippen LogP contribution is 2.24. The summed E-state index contributed by atoms with van der Waals surface area (Å²) in [6, 6.07) is 7.66. The lowest BCUT2D eigenvalue weighted by Gasteiger charge is -2.29. The standard InChI is InChI=1S/C13H19BrN2O2S/c14-11-5-3-4-10(8-11)9-12(16-15)13-6-1-2-7-19(13,17)18/h3-5,8,12-13,16H,1-2,6-7,9,15H2. The number of nitrogens with two attached hydrogens (primary N) is 1. The summed E-state index contributed by atoms with van der Waals surface area (Å²) in [5.74, 6) is 5.87. The van der Waals surface area contributed by atoms with Gasteiger partial charge >= 0.3 is 0 Å². The number of sulfone groups is 1. The Labute approximate surface area is 122 Å². The molecule has 1 fully saturated rings. The molecule has 19 heavy (non-hydrogen) atoms. The summed E-state index contributed by atoms with van der Waals surface area (Å²) in [7, 11) is -3.02. The summed E-state index contributed by atoms with van der Waals surface area (Å²) in [6.07, 6.45) is 3.05. The Morgan fingerprint density at radius 3 is 2.84 bits per heavy atom. The molecule has 0 amide bonds. The summed E-state index contributed by atoms with van der Waals surface area (Å²) >= 11 is 3.42. The lowest BCUT2D eigenvalue weighted by molar-refractivity contribution is 0.440. The molecule has 2 rings (SSSR count). The molecule has 1 aliphatic heterocycles. The van der Waals surface area contributed by atoms with Crippen molar-refractivity contribution in [3.05, 3.63) is 34.3 Å². The predicted octanol–water partition coefficient (Wildman–Crippen LogP) is 1.79. The second-order valence-corrected chi connectivity index (χ2v) is 8.26. The van der Waals surface area contributed by atoms with Crippen molar-refractivity contribution < 1.29 is 8.42 Å². The Morgan fingerprint density at radius 1 is 1.42 bits per heavy atom. The maximum Gasteiger partial charge on any atom is 0.154 e. The van der Waals surface area contributed by atoms with Gasteiger partial charge in [0.2, 0.25) is 0 Å². The normalized spacial score (nSPS) is 24.0. The molecule has 0 radical (unpaired) electrons. The van der Waals surface area contributed by atoms with Crippen LogP contribution in [0.4, 0.5) is 0 Å². The van der Waals surface area contributed by atoms with Crippen LogP contribution in [-0.2, 0) is 16.3 Å². The van der Waals surface area contributed by atoms with Gasteiger partial charge in [0.15, 0.2) is 9.84 Å². The van der Waals surface area contributed by atoms with Crippen LogP contribution in [0.5, 0.6) is 0 Å². The molecule has 3 N–H and O–H groups in total. The molecule has 1 heterocycles. The van der Waals surface area contributed by atoms with E-state index in [4.69, 9.17) is 5.84 Å². The van der Waals surface area contributed by atoms with Crippen LogP contribution in [0, 0.1) is 0 Å². The van der Waals surface area contributed by atoms with Gasteiger partial charge in [-0.2, -0.15) is 0 Å². The number of hydrogen-bond acceptors (Lipinski definition) is 4. The van der Waals surface area contributed by atoms with Crippen molar-refractivity contribution in [2.75, 3.05) is 5.75 Å². The van der Waals surface area contributed by atoms with Gasteiger partial charge in [0.25, 0.3) is 0 Å². The van der Waals surface area contributed by atoms with Crippen LogP contribution < -0.4 is 11.3 Å². The van der Waals surface area contributed by atoms with E-state index >= 15 is 0 Å². The number of halogens is 1. The first-order valence-electron chi connectivity index (χ1n) is 6.45. The summed E-state index contributed by atoms with van der Waals surface area (Å²) in [4.78, 5) is 0. The zero-order valence-corrected chi connectivity index (χ0v) is 13.1. The van der Waals surface area contributed by atoms with Crippen LogP contribution in [0.15, 0.2) is 28.7 Å². The van der Waals surface area contributed by atoms with E-state index in [1.807, 2.05) is 24.3 Å². The fraction of sp³-hybridized carbons (Fsp3) is 0.538. The van der Waals surface area contributed by atoms with Crippen LogP contribution in [0.3, 0.4) is 0 Å². The SMILES string of the molecule is NNC(Cc1cccc(Br)c1)C1CCCCS1(=O)=O. The number of hydrazine groups is 1. The van der Waals surface area contributed by atoms with Crippen LogP contribution in [0.2, 0.25) is 0 Å². The maximum atomic E-state index is 12.1. The highest BCUT2D eigenvalue weighted by molar-refractivity contribution is 9.10. The minimum absolute atomic E-state index is 0.223. The zero-order chi connectivity index (χ0) is 13.9. The van der Waals surface area contributed by atoms with E-state index in [9.17, 15) is 8.42 Å². The smallest absolute Gasteiger partial charge is 0.154 e. The van der Waals surface area contributed by atoms with Gasteiger partial charge < -0.3 is 0 Å². The monoisotopic (exact) mass is 346 g/mol. The van der Waals surface area contributed by atoms with Gasteiger partial charge in [0.1, 0.15) is 0 Å². The van der Waals surface area contributed by atoms with Crippen LogP contribution in [0.25, 0.3) is 0 Å². The Bertz CT molecular complexity index is 533. The fourth-order valence-electron chi connectivity index (χ4n) is 2.65. The first-order valence-corrected chi connectivity index (χ1v) is 8.96. The van der Waals surface area contributed by atoms with E-state index in [-0.39, 0.29) is 17.0 Å². The molecule has 0 spiro atoms. The lowest BCUT2D eigenvalue weighted by Crippen LogP contribution is -2.50. The summed E-state index contributed by atoms with van der Waals surface area (Å²) < 4.78 is 25.3. The second-order valence-electron chi connectivity index (χ2n) is 5.01. The average molecular weight is 347 g/mol. The van der Waals surface area contributed by atoms with E-state index in [1.54, 1.807) is 0 Å². The van der Waals surface area contributed by atoms with Crippen LogP contribution >= 0.6 is 15.9 Å². The molecule has 6 heteroatoms. The number of nitrogens with one attached hydrogen (secondary N) is 1. The van der Waals surface area contributed by atoms with Crippen molar-refractivity contribution in [1.29, 1.82) is 0 Å². The van der Waals surface area contributed by atoms with E-state index < -0.39 is 9.84 Å². The van der Waals surface area contributed by atoms with Crippen molar-refractivity contribution in [2.45, 2.75) is 37.0 Å². The van der Waals surface area contributed by atoms with Crippen molar-refractivity contribution in [1.82, 2.24) is 5.43 Å². The number of rotatable bonds is 4. The second kappa shape index (κ2) is 6.35. The van der Waals surface area contributed by atoms with E-state index in [1.165, 1.54) is 0 Å². The number of hydrogen-bond donors (Lipinski definition) is 2. The molecule has 2 atom stereocenters. The van der Waals surface area contributed by atoms with Gasteiger partial charge in [0, 0.05) is 10.5 Å². The molecule has 0 saturated carbocycles. The van der Waals surface area contributed by atoms with E-state index in [0.717, 1.165) is 22.9 Å². The predicted molar refractivity (Wildman–Crippen MR) is 80.4 cm³/mol. The highest BCUT2D eigenvalue weighted by atomic mass is 79.9. The first-order chi connectivity index (χ1) is 9.03. The summed E-state index contributed by atoms with van der Waals surface area (Å²) in [6.45, 7) is 0. The third-order valence-electron chi connectivity index (χ3n) is 3.64. The average Bonchev–Trinajstić information content (AvgIpc) is 2.36. The minimum Gasteiger partial charge on any atom is -0.271 e. The Hall–Kier alpha value is -0.430. The third kappa shape index (κ3) is 3.78. The molecule has 2 unspecified atom stereocenters. The molecule has 106 valence electrons. The molecule has 1 aliphatic rings. The largest absolute Gasteiger partial charge is 0.271 e. The Kier molecular flexibility index (Phi) is 5.00. The van der Waals surface area contributed by atoms with Crippen molar-refractivity contribution >= 4 is 25.8 Å². The molecule has 0 bridgehead atoms. The van der Waals surface area contributed by atoms with Crippen molar-refractivity contribution in [3.63, 3.8) is 0 Å². The van der Waals surface area contributed by atoms with Crippen molar-refractivity contribution in [2.24, 2.45) is 5.84 Å². The van der Waals surface area contributed by atoms with Gasteiger partial charge in [0.05, 0.1) is 11.0 Å². The van der Waals surface area contributed by atoms with Gasteiger partial charge in [-0.15, -0.1) is 0 Å². The Balaban J connectivity index is 2.16. The van der Waals surface area contributed by atoms with Gasteiger partial charge in [-0.25, -0.2) is 8.42 Å². The molecule has 4 nitrogen and oxygen atoms in total. The van der Waals surface area contributed by atoms with Gasteiger partial charge in [-0.1, -0.05) is 34.5 Å². The topological polar surface area (TPSA) is 72.2 Å². The molecular formula is C13H19BrN2O2S. The minimum atomic E-state index is -3.02.